The van der Waals surface area contributed by atoms with Crippen LogP contribution in [0.5, 0.6) is 0 Å². The Bertz CT molecular complexity index is 2220. The number of ether oxygens (including phenoxy) is 2. The van der Waals surface area contributed by atoms with Crippen LogP contribution >= 0.6 is 0 Å². The van der Waals surface area contributed by atoms with E-state index in [0.717, 1.165) is 22.3 Å². The van der Waals surface area contributed by atoms with Crippen molar-refractivity contribution >= 4 is 5.91 Å². The molecule has 0 saturated carbocycles. The van der Waals surface area contributed by atoms with Crippen molar-refractivity contribution in [3.8, 4) is 11.1 Å². The molecule has 7 rings (SSSR count). The first-order valence-corrected chi connectivity index (χ1v) is 18.5. The van der Waals surface area contributed by atoms with Gasteiger partial charge in [0.15, 0.2) is 29.6 Å². The minimum atomic E-state index is -2.34. The fraction of sp³-hybridized carbons (Fsp3) is 0.196. The first kappa shape index (κ1) is 39.5. The van der Waals surface area contributed by atoms with Crippen molar-refractivity contribution in [3.63, 3.8) is 0 Å². The van der Waals surface area contributed by atoms with E-state index in [4.69, 9.17) is 9.47 Å². The molecule has 57 heavy (non-hydrogen) atoms. The van der Waals surface area contributed by atoms with Gasteiger partial charge in [-0.15, -0.1) is 0 Å². The first-order chi connectivity index (χ1) is 27.7. The lowest BCUT2D eigenvalue weighted by Gasteiger charge is -2.38. The number of carbonyl (C=O) groups is 1. The number of rotatable bonds is 13. The number of hydrogen-bond donors (Lipinski definition) is 2. The van der Waals surface area contributed by atoms with Gasteiger partial charge in [-0.05, 0) is 38.9 Å². The highest BCUT2D eigenvalue weighted by Gasteiger charge is 2.34. The highest BCUT2D eigenvalue weighted by molar-refractivity contribution is 5.95. The number of halogens is 5. The summed E-state index contributed by atoms with van der Waals surface area (Å²) in [6.07, 6.45) is -0.664. The summed E-state index contributed by atoms with van der Waals surface area (Å²) in [5, 5.41) is 11.9. The van der Waals surface area contributed by atoms with Crippen LogP contribution in [0.1, 0.15) is 62.6 Å². The quantitative estimate of drug-likeness (QED) is 0.0695. The molecule has 0 aromatic heterocycles. The van der Waals surface area contributed by atoms with Gasteiger partial charge in [0.1, 0.15) is 5.56 Å². The third-order valence-corrected chi connectivity index (χ3v) is 9.96. The molecule has 1 fully saturated rings. The molecule has 1 heterocycles. The molecule has 0 unspecified atom stereocenters. The van der Waals surface area contributed by atoms with Crippen molar-refractivity contribution < 1.29 is 41.3 Å². The van der Waals surface area contributed by atoms with Crippen LogP contribution in [0, 0.1) is 29.1 Å². The highest BCUT2D eigenvalue weighted by atomic mass is 19.2. The van der Waals surface area contributed by atoms with Gasteiger partial charge < -0.3 is 19.9 Å². The second-order valence-electron chi connectivity index (χ2n) is 13.9. The molecule has 1 aliphatic rings. The zero-order chi connectivity index (χ0) is 39.9. The number of carbonyl (C=O) groups excluding carboxylic acids is 1. The number of benzene rings is 6. The molecule has 6 nitrogen and oxygen atoms in total. The molecule has 0 aliphatic carbocycles. The second-order valence-corrected chi connectivity index (χ2v) is 13.9. The van der Waals surface area contributed by atoms with Crippen LogP contribution in [0.2, 0.25) is 0 Å². The van der Waals surface area contributed by atoms with E-state index in [2.05, 4.69) is 34.5 Å². The van der Waals surface area contributed by atoms with Crippen molar-refractivity contribution in [3.05, 3.63) is 201 Å². The fourth-order valence-corrected chi connectivity index (χ4v) is 7.03. The maximum Gasteiger partial charge on any atom is 0.257 e. The third kappa shape index (κ3) is 9.30. The number of nitrogens with zero attached hydrogens (tertiary/aromatic N) is 1. The lowest BCUT2D eigenvalue weighted by molar-refractivity contribution is -0.253. The van der Waals surface area contributed by atoms with Crippen LogP contribution in [-0.4, -0.2) is 28.6 Å². The minimum absolute atomic E-state index is 0.0682. The Kier molecular flexibility index (Phi) is 12.5. The van der Waals surface area contributed by atoms with Gasteiger partial charge >= 0.3 is 0 Å². The summed E-state index contributed by atoms with van der Waals surface area (Å²) < 4.78 is 83.1. The molecule has 1 amide bonds. The number of amides is 1. The maximum absolute atomic E-state index is 14.3. The SMILES string of the molecule is O=C(NCc1ccccc1-c1ccc([C@@H]2O[C@H](CN(Cc3ccccc3)Cc3ccccc3)C[C@H](c3ccc(CO)cc3)O2)cc1)c1c(F)c(F)c(F)c(F)c1F. The molecule has 0 radical (unpaired) electrons. The Hall–Kier alpha value is -5.72. The first-order valence-electron chi connectivity index (χ1n) is 18.5. The molecular formula is C46H39F5N2O4. The molecule has 6 aromatic carbocycles. The number of hydrogen-bond acceptors (Lipinski definition) is 5. The molecule has 6 aromatic rings. The number of aliphatic hydroxyl groups is 1. The fourth-order valence-electron chi connectivity index (χ4n) is 7.03. The van der Waals surface area contributed by atoms with Crippen LogP contribution in [0.3, 0.4) is 0 Å². The van der Waals surface area contributed by atoms with E-state index in [9.17, 15) is 31.9 Å². The normalized spacial score (nSPS) is 16.8. The van der Waals surface area contributed by atoms with Crippen molar-refractivity contribution in [2.75, 3.05) is 6.54 Å². The van der Waals surface area contributed by atoms with Crippen LogP contribution in [0.25, 0.3) is 11.1 Å². The van der Waals surface area contributed by atoms with Crippen molar-refractivity contribution in [2.45, 2.75) is 51.2 Å². The maximum atomic E-state index is 14.3. The van der Waals surface area contributed by atoms with Gasteiger partial charge in [-0.3, -0.25) is 9.69 Å². The number of nitrogens with one attached hydrogen (secondary N) is 1. The predicted octanol–water partition coefficient (Wildman–Crippen LogP) is 9.72. The average Bonchev–Trinajstić information content (AvgIpc) is 3.25. The molecule has 1 saturated heterocycles. The molecule has 0 bridgehead atoms. The Morgan fingerprint density at radius 1 is 0.632 bits per heavy atom. The molecular weight excluding hydrogens is 740 g/mol. The van der Waals surface area contributed by atoms with Gasteiger partial charge in [0.05, 0.1) is 18.8 Å². The topological polar surface area (TPSA) is 71.0 Å². The summed E-state index contributed by atoms with van der Waals surface area (Å²) >= 11 is 0. The van der Waals surface area contributed by atoms with E-state index >= 15 is 0 Å². The van der Waals surface area contributed by atoms with Crippen LogP contribution in [0.15, 0.2) is 133 Å². The van der Waals surface area contributed by atoms with Crippen LogP contribution in [-0.2, 0) is 35.7 Å². The molecule has 11 heteroatoms. The monoisotopic (exact) mass is 778 g/mol. The summed E-state index contributed by atoms with van der Waals surface area (Å²) in [6, 6.07) is 42.7. The van der Waals surface area contributed by atoms with Gasteiger partial charge in [-0.2, -0.15) is 0 Å². The summed E-state index contributed by atoms with van der Waals surface area (Å²) in [7, 11) is 0. The summed E-state index contributed by atoms with van der Waals surface area (Å²) in [5.41, 5.74) is 5.27. The summed E-state index contributed by atoms with van der Waals surface area (Å²) in [6.45, 7) is 1.73. The minimum Gasteiger partial charge on any atom is -0.392 e. The standard InChI is InChI=1S/C46H39F5N2O4/c47-40-39(41(48)43(50)44(51)42(40)49)45(55)52-24-35-13-7-8-14-37(35)32-19-21-34(22-20-32)46-56-36(23-38(57-46)33-17-15-31(28-54)16-18-33)27-53(25-29-9-3-1-4-10-29)26-30-11-5-2-6-12-30/h1-22,36,38,46,54H,23-28H2,(H,52,55)/t36-,38+,46+/m0/s1. The lowest BCUT2D eigenvalue weighted by Crippen LogP contribution is -2.39. The molecule has 292 valence electrons. The van der Waals surface area contributed by atoms with E-state index in [0.29, 0.717) is 37.2 Å². The van der Waals surface area contributed by atoms with E-state index in [-0.39, 0.29) is 25.4 Å². The summed E-state index contributed by atoms with van der Waals surface area (Å²) in [4.78, 5) is 15.1. The Morgan fingerprint density at radius 3 is 1.77 bits per heavy atom. The van der Waals surface area contributed by atoms with Crippen LogP contribution in [0.4, 0.5) is 22.0 Å². The van der Waals surface area contributed by atoms with Crippen molar-refractivity contribution in [1.82, 2.24) is 10.2 Å². The van der Waals surface area contributed by atoms with Crippen LogP contribution < -0.4 is 5.32 Å². The predicted molar refractivity (Wildman–Crippen MR) is 205 cm³/mol. The molecule has 0 spiro atoms. The molecule has 1 aliphatic heterocycles. The molecule has 3 atom stereocenters. The Balaban J connectivity index is 1.12. The lowest BCUT2D eigenvalue weighted by atomic mass is 9.97. The van der Waals surface area contributed by atoms with Crippen molar-refractivity contribution in [1.29, 1.82) is 0 Å². The third-order valence-electron chi connectivity index (χ3n) is 9.96. The van der Waals surface area contributed by atoms with Gasteiger partial charge in [-0.1, -0.05) is 133 Å². The average molecular weight is 779 g/mol. The van der Waals surface area contributed by atoms with E-state index in [1.54, 1.807) is 24.3 Å². The Morgan fingerprint density at radius 2 is 1.18 bits per heavy atom. The second kappa shape index (κ2) is 18.0. The van der Waals surface area contributed by atoms with Gasteiger partial charge in [0.25, 0.3) is 5.91 Å². The highest BCUT2D eigenvalue weighted by Crippen LogP contribution is 2.39. The zero-order valence-corrected chi connectivity index (χ0v) is 30.7. The number of aliphatic hydroxyl groups excluding tert-OH is 1. The Labute approximate surface area is 327 Å². The van der Waals surface area contributed by atoms with E-state index in [1.807, 2.05) is 84.9 Å². The molecule has 2 N–H and O–H groups in total. The van der Waals surface area contributed by atoms with Crippen molar-refractivity contribution in [2.24, 2.45) is 0 Å². The smallest absolute Gasteiger partial charge is 0.257 e. The zero-order valence-electron chi connectivity index (χ0n) is 30.7. The van der Waals surface area contributed by atoms with Gasteiger partial charge in [0.2, 0.25) is 5.82 Å². The summed E-state index contributed by atoms with van der Waals surface area (Å²) in [5.74, 6) is -12.6. The largest absolute Gasteiger partial charge is 0.392 e. The van der Waals surface area contributed by atoms with E-state index in [1.165, 1.54) is 11.1 Å². The van der Waals surface area contributed by atoms with E-state index < -0.39 is 46.8 Å². The van der Waals surface area contributed by atoms with Gasteiger partial charge in [0, 0.05) is 38.2 Å². The van der Waals surface area contributed by atoms with Gasteiger partial charge in [-0.25, -0.2) is 22.0 Å².